The van der Waals surface area contributed by atoms with E-state index in [0.717, 1.165) is 63.1 Å². The fraction of sp³-hybridized carbons (Fsp3) is 0.524. The Bertz CT molecular complexity index is 1740. The van der Waals surface area contributed by atoms with Crippen molar-refractivity contribution in [3.63, 3.8) is 0 Å². The topological polar surface area (TPSA) is 96.7 Å². The first-order valence-electron chi connectivity index (χ1n) is 19.5. The molecule has 3 aliphatic carbocycles. The molecule has 2 N–H and O–H groups in total. The lowest BCUT2D eigenvalue weighted by molar-refractivity contribution is 0.0984. The zero-order valence-electron chi connectivity index (χ0n) is 31.8. The Morgan fingerprint density at radius 2 is 1.77 bits per heavy atom. The van der Waals surface area contributed by atoms with Crippen molar-refractivity contribution in [3.05, 3.63) is 90.9 Å². The average Bonchev–Trinajstić information content (AvgIpc) is 4.12. The van der Waals surface area contributed by atoms with Crippen molar-refractivity contribution in [1.82, 2.24) is 24.8 Å². The van der Waals surface area contributed by atoms with E-state index in [1.807, 2.05) is 52.1 Å². The van der Waals surface area contributed by atoms with Crippen molar-refractivity contribution >= 4 is 28.7 Å². The van der Waals surface area contributed by atoms with Gasteiger partial charge in [-0.1, -0.05) is 71.2 Å². The fourth-order valence-electron chi connectivity index (χ4n) is 9.17. The number of rotatable bonds is 8. The maximum atomic E-state index is 13.9. The fourth-order valence-corrected chi connectivity index (χ4v) is 9.72. The minimum Gasteiger partial charge on any atom is -0.477 e. The first-order valence-corrected chi connectivity index (χ1v) is 20.3. The quantitative estimate of drug-likeness (QED) is 0.224. The summed E-state index contributed by atoms with van der Waals surface area (Å²) in [5.74, 6) is 3.53. The molecule has 10 heteroatoms. The predicted molar refractivity (Wildman–Crippen MR) is 214 cm³/mol. The molecule has 4 fully saturated rings. The largest absolute Gasteiger partial charge is 0.477 e. The molecule has 3 saturated carbocycles. The van der Waals surface area contributed by atoms with E-state index in [4.69, 9.17) is 14.8 Å². The van der Waals surface area contributed by atoms with E-state index in [-0.39, 0.29) is 11.4 Å². The number of carbonyl (C=O) groups excluding carboxylic acids is 1. The zero-order chi connectivity index (χ0) is 36.9. The number of anilines is 1. The van der Waals surface area contributed by atoms with E-state index >= 15 is 0 Å². The Balaban J connectivity index is 0.00000112. The van der Waals surface area contributed by atoms with E-state index in [1.54, 1.807) is 10.8 Å². The maximum Gasteiger partial charge on any atom is 0.265 e. The molecule has 2 unspecified atom stereocenters. The highest BCUT2D eigenvalue weighted by molar-refractivity contribution is 8.13. The van der Waals surface area contributed by atoms with Crippen molar-refractivity contribution in [1.29, 1.82) is 0 Å². The summed E-state index contributed by atoms with van der Waals surface area (Å²) in [4.78, 5) is 26.0. The normalized spacial score (nSPS) is 25.0. The Labute approximate surface area is 314 Å². The standard InChI is InChI=1S/C38H45N7O2S.2C2H6/c1-4-33-40-26(2)39-20-8-11-28-24-36(3,23-27-9-6-5-7-10-27)44(25-28)34-29(35(46)43-48-33)12-13-31(41-34)45-21-14-32(42-45)47-22-15-30-37(16-17-37)38(30)18-19-38;2*1-2/h4-7,9-10,12-14,21,28,30,39H,1-2,8,11,15-20,22-25H2,3H3,(H,43,46);2*1-2H3/b40-33+;;. The highest BCUT2D eigenvalue weighted by atomic mass is 32.2. The molecule has 1 aromatic carbocycles. The van der Waals surface area contributed by atoms with Crippen LogP contribution >= 0.6 is 11.9 Å². The Morgan fingerprint density at radius 1 is 1.04 bits per heavy atom. The number of nitrogens with one attached hydrogen (secondary N) is 2. The molecule has 3 aromatic rings. The molecule has 2 atom stereocenters. The van der Waals surface area contributed by atoms with Gasteiger partial charge in [-0.05, 0) is 111 Å². The minimum atomic E-state index is -0.249. The highest BCUT2D eigenvalue weighted by Gasteiger charge is 2.85. The molecular weight excluding hydrogens is 667 g/mol. The minimum absolute atomic E-state index is 0.242. The summed E-state index contributed by atoms with van der Waals surface area (Å²) in [5.41, 5.74) is 2.91. The molecule has 1 amide bonds. The second-order valence-electron chi connectivity index (χ2n) is 14.7. The third kappa shape index (κ3) is 7.54. The molecule has 9 nitrogen and oxygen atoms in total. The number of aromatic nitrogens is 3. The molecule has 2 spiro atoms. The highest BCUT2D eigenvalue weighted by Crippen LogP contribution is 2.93. The lowest BCUT2D eigenvalue weighted by Gasteiger charge is -2.37. The van der Waals surface area contributed by atoms with Crippen molar-refractivity contribution in [3.8, 4) is 11.7 Å². The molecule has 278 valence electrons. The number of amides is 1. The van der Waals surface area contributed by atoms with Gasteiger partial charge in [0.25, 0.3) is 5.91 Å². The average molecular weight is 724 g/mol. The van der Waals surface area contributed by atoms with Crippen LogP contribution < -0.4 is 19.7 Å². The van der Waals surface area contributed by atoms with E-state index in [0.29, 0.717) is 57.3 Å². The third-order valence-electron chi connectivity index (χ3n) is 11.7. The first kappa shape index (κ1) is 37.7. The van der Waals surface area contributed by atoms with Gasteiger partial charge >= 0.3 is 0 Å². The lowest BCUT2D eigenvalue weighted by Crippen LogP contribution is -2.44. The Hall–Kier alpha value is -4.05. The summed E-state index contributed by atoms with van der Waals surface area (Å²) in [6.07, 6.45) is 14.2. The smallest absolute Gasteiger partial charge is 0.265 e. The van der Waals surface area contributed by atoms with Crippen LogP contribution in [0.25, 0.3) is 5.82 Å². The van der Waals surface area contributed by atoms with E-state index in [2.05, 4.69) is 70.3 Å². The molecule has 2 bridgehead atoms. The number of carbonyl (C=O) groups is 1. The van der Waals surface area contributed by atoms with Crippen LogP contribution in [0.1, 0.15) is 102 Å². The van der Waals surface area contributed by atoms with Crippen LogP contribution in [-0.4, -0.2) is 51.0 Å². The van der Waals surface area contributed by atoms with Crippen molar-refractivity contribution in [2.75, 3.05) is 24.6 Å². The zero-order valence-corrected chi connectivity index (χ0v) is 32.6. The number of hydrogen-bond donors (Lipinski definition) is 2. The summed E-state index contributed by atoms with van der Waals surface area (Å²) in [6.45, 7) is 20.5. The van der Waals surface area contributed by atoms with Crippen molar-refractivity contribution in [2.24, 2.45) is 27.7 Å². The van der Waals surface area contributed by atoms with Gasteiger partial charge in [0.05, 0.1) is 12.2 Å². The van der Waals surface area contributed by atoms with Crippen LogP contribution in [0.2, 0.25) is 0 Å². The van der Waals surface area contributed by atoms with Crippen molar-refractivity contribution in [2.45, 2.75) is 97.9 Å². The number of benzene rings is 1. The summed E-state index contributed by atoms with van der Waals surface area (Å²) in [7, 11) is 0. The molecule has 2 aliphatic heterocycles. The van der Waals surface area contributed by atoms with E-state index < -0.39 is 0 Å². The van der Waals surface area contributed by atoms with Gasteiger partial charge in [0.1, 0.15) is 16.7 Å². The molecule has 0 radical (unpaired) electrons. The number of aliphatic imine (C=N–C) groups is 1. The monoisotopic (exact) mass is 723 g/mol. The molecule has 1 saturated heterocycles. The third-order valence-corrected chi connectivity index (χ3v) is 12.4. The van der Waals surface area contributed by atoms with Crippen LogP contribution in [0.15, 0.2) is 84.8 Å². The van der Waals surface area contributed by atoms with Gasteiger partial charge in [0, 0.05) is 42.8 Å². The number of pyridine rings is 1. The van der Waals surface area contributed by atoms with Gasteiger partial charge in [-0.2, -0.15) is 0 Å². The number of hydrogen-bond acceptors (Lipinski definition) is 8. The maximum absolute atomic E-state index is 13.9. The van der Waals surface area contributed by atoms with E-state index in [1.165, 1.54) is 31.2 Å². The number of nitrogens with zero attached hydrogens (tertiary/aromatic N) is 5. The van der Waals surface area contributed by atoms with Gasteiger partial charge < -0.3 is 15.0 Å². The summed E-state index contributed by atoms with van der Waals surface area (Å²) in [6, 6.07) is 16.3. The number of ether oxygens (including phenoxy) is 1. The van der Waals surface area contributed by atoms with Gasteiger partial charge in [-0.3, -0.25) is 9.52 Å². The Kier molecular flexibility index (Phi) is 11.5. The molecular formula is C42H57N7O2S. The van der Waals surface area contributed by atoms with Crippen LogP contribution in [0.4, 0.5) is 5.82 Å². The SMILES string of the molecule is C=C/C1=N\C(=C)NCCCC2CN(c3nc(-n4ccc(OCCC5C6(CC6)C56CC6)n4)ccc3C(=O)NS1)C(C)(Cc1ccccc1)C2.CC.CC. The second kappa shape index (κ2) is 15.9. The molecule has 2 aromatic heterocycles. The Morgan fingerprint density at radius 3 is 2.46 bits per heavy atom. The summed E-state index contributed by atoms with van der Waals surface area (Å²) >= 11 is 1.13. The van der Waals surface area contributed by atoms with Gasteiger partial charge in [-0.25, -0.2) is 14.7 Å². The summed E-state index contributed by atoms with van der Waals surface area (Å²) in [5, 5.41) is 8.65. The summed E-state index contributed by atoms with van der Waals surface area (Å²) < 4.78 is 10.9. The number of fused-ring (bicyclic) bond motifs is 5. The molecule has 52 heavy (non-hydrogen) atoms. The molecule has 8 rings (SSSR count). The molecule has 4 heterocycles. The van der Waals surface area contributed by atoms with Gasteiger partial charge in [0.15, 0.2) is 5.82 Å². The van der Waals surface area contributed by atoms with Crippen LogP contribution in [0.3, 0.4) is 0 Å². The van der Waals surface area contributed by atoms with Crippen molar-refractivity contribution < 1.29 is 9.53 Å². The van der Waals surface area contributed by atoms with Gasteiger partial charge in [-0.15, -0.1) is 5.10 Å². The van der Waals surface area contributed by atoms with Crippen LogP contribution in [0.5, 0.6) is 5.88 Å². The van der Waals surface area contributed by atoms with Crippen LogP contribution in [-0.2, 0) is 6.42 Å². The first-order chi connectivity index (χ1) is 25.3. The van der Waals surface area contributed by atoms with Gasteiger partial charge in [0.2, 0.25) is 5.88 Å². The lowest BCUT2D eigenvalue weighted by atomic mass is 9.86. The second-order valence-corrected chi connectivity index (χ2v) is 15.5. The predicted octanol–water partition coefficient (Wildman–Crippen LogP) is 8.92. The van der Waals surface area contributed by atoms with Crippen LogP contribution in [0, 0.1) is 22.7 Å². The molecule has 5 aliphatic rings. The van der Waals surface area contributed by atoms with E-state index in [9.17, 15) is 4.79 Å².